The molecule has 106 valence electrons. The number of rotatable bonds is 3. The van der Waals surface area contributed by atoms with E-state index in [1.165, 1.54) is 11.3 Å². The molecule has 0 aliphatic carbocycles. The molecule has 3 heterocycles. The maximum Gasteiger partial charge on any atom is 0.319 e. The SMILES string of the molecule is C[C@@H](O)CN1CC2=C(C1=O)[C@H](c1cccs1)NC(=O)N2. The third kappa shape index (κ3) is 2.19. The third-order valence-electron chi connectivity index (χ3n) is 3.33. The van der Waals surface area contributed by atoms with Crippen molar-refractivity contribution in [3.63, 3.8) is 0 Å². The lowest BCUT2D eigenvalue weighted by Crippen LogP contribution is -2.44. The van der Waals surface area contributed by atoms with Gasteiger partial charge in [0, 0.05) is 11.4 Å². The van der Waals surface area contributed by atoms with E-state index in [1.54, 1.807) is 11.8 Å². The lowest BCUT2D eigenvalue weighted by atomic mass is 10.0. The van der Waals surface area contributed by atoms with Gasteiger partial charge < -0.3 is 20.6 Å². The van der Waals surface area contributed by atoms with Crippen molar-refractivity contribution in [2.24, 2.45) is 0 Å². The predicted octanol–water partition coefficient (Wildman–Crippen LogP) is 0.579. The molecule has 0 saturated carbocycles. The van der Waals surface area contributed by atoms with Gasteiger partial charge in [-0.1, -0.05) is 6.07 Å². The minimum Gasteiger partial charge on any atom is -0.392 e. The van der Waals surface area contributed by atoms with Crippen molar-refractivity contribution in [2.75, 3.05) is 13.1 Å². The van der Waals surface area contributed by atoms with Crippen LogP contribution in [0.2, 0.25) is 0 Å². The first kappa shape index (κ1) is 13.1. The Morgan fingerprint density at radius 1 is 1.55 bits per heavy atom. The summed E-state index contributed by atoms with van der Waals surface area (Å²) in [6.45, 7) is 2.24. The van der Waals surface area contributed by atoms with E-state index in [1.807, 2.05) is 17.5 Å². The first-order valence-electron chi connectivity index (χ1n) is 6.37. The second kappa shape index (κ2) is 4.92. The largest absolute Gasteiger partial charge is 0.392 e. The van der Waals surface area contributed by atoms with E-state index in [-0.39, 0.29) is 18.5 Å². The molecule has 6 nitrogen and oxygen atoms in total. The number of amides is 3. The number of urea groups is 1. The Kier molecular flexibility index (Phi) is 3.23. The van der Waals surface area contributed by atoms with Gasteiger partial charge in [-0.05, 0) is 18.4 Å². The Morgan fingerprint density at radius 2 is 2.35 bits per heavy atom. The van der Waals surface area contributed by atoms with Gasteiger partial charge in [-0.2, -0.15) is 0 Å². The Morgan fingerprint density at radius 3 is 3.00 bits per heavy atom. The standard InChI is InChI=1S/C13H15N3O3S/c1-7(17)5-16-6-8-10(12(16)18)11(15-13(19)14-8)9-3-2-4-20-9/h2-4,7,11,17H,5-6H2,1H3,(H2,14,15,19)/t7-,11+/m1/s1. The normalized spacial score (nSPS) is 23.5. The second-order valence-corrected chi connectivity index (χ2v) is 5.95. The number of aliphatic hydroxyl groups is 1. The van der Waals surface area contributed by atoms with E-state index in [9.17, 15) is 14.7 Å². The topological polar surface area (TPSA) is 81.7 Å². The second-order valence-electron chi connectivity index (χ2n) is 4.97. The van der Waals surface area contributed by atoms with Crippen LogP contribution in [0.3, 0.4) is 0 Å². The van der Waals surface area contributed by atoms with Gasteiger partial charge in [-0.3, -0.25) is 4.79 Å². The van der Waals surface area contributed by atoms with Crippen molar-refractivity contribution in [3.8, 4) is 0 Å². The van der Waals surface area contributed by atoms with Gasteiger partial charge >= 0.3 is 6.03 Å². The molecule has 1 aromatic heterocycles. The molecule has 3 amide bonds. The van der Waals surface area contributed by atoms with Gasteiger partial charge in [0.05, 0.1) is 30.0 Å². The van der Waals surface area contributed by atoms with Crippen molar-refractivity contribution >= 4 is 23.3 Å². The predicted molar refractivity (Wildman–Crippen MR) is 74.0 cm³/mol. The van der Waals surface area contributed by atoms with Crippen molar-refractivity contribution < 1.29 is 14.7 Å². The van der Waals surface area contributed by atoms with Gasteiger partial charge in [0.2, 0.25) is 0 Å². The highest BCUT2D eigenvalue weighted by atomic mass is 32.1. The fourth-order valence-corrected chi connectivity index (χ4v) is 3.35. The number of hydrogen-bond donors (Lipinski definition) is 3. The summed E-state index contributed by atoms with van der Waals surface area (Å²) >= 11 is 1.50. The fraction of sp³-hybridized carbons (Fsp3) is 0.385. The Bertz CT molecular complexity index is 580. The van der Waals surface area contributed by atoms with Crippen LogP contribution in [0.15, 0.2) is 28.8 Å². The van der Waals surface area contributed by atoms with Crippen molar-refractivity contribution in [3.05, 3.63) is 33.7 Å². The number of carbonyl (C=O) groups is 2. The molecule has 20 heavy (non-hydrogen) atoms. The highest BCUT2D eigenvalue weighted by Crippen LogP contribution is 2.34. The summed E-state index contributed by atoms with van der Waals surface area (Å²) in [5.74, 6) is -0.133. The lowest BCUT2D eigenvalue weighted by molar-refractivity contribution is -0.126. The Labute approximate surface area is 120 Å². The van der Waals surface area contributed by atoms with Crippen LogP contribution in [0, 0.1) is 0 Å². The molecule has 0 fully saturated rings. The Balaban J connectivity index is 1.92. The number of aliphatic hydroxyl groups excluding tert-OH is 1. The Hall–Kier alpha value is -1.86. The van der Waals surface area contributed by atoms with Crippen molar-refractivity contribution in [2.45, 2.75) is 19.1 Å². The van der Waals surface area contributed by atoms with Crippen LogP contribution in [0.1, 0.15) is 17.8 Å². The molecule has 3 rings (SSSR count). The first-order valence-corrected chi connectivity index (χ1v) is 7.25. The zero-order valence-electron chi connectivity index (χ0n) is 10.9. The van der Waals surface area contributed by atoms with Crippen LogP contribution in [0.25, 0.3) is 0 Å². The maximum atomic E-state index is 12.5. The highest BCUT2D eigenvalue weighted by Gasteiger charge is 2.40. The summed E-state index contributed by atoms with van der Waals surface area (Å²) in [6, 6.07) is 3.09. The van der Waals surface area contributed by atoms with Gasteiger partial charge in [0.1, 0.15) is 0 Å². The van der Waals surface area contributed by atoms with E-state index in [4.69, 9.17) is 0 Å². The molecule has 0 unspecified atom stereocenters. The molecule has 0 bridgehead atoms. The third-order valence-corrected chi connectivity index (χ3v) is 4.27. The average molecular weight is 293 g/mol. The first-order chi connectivity index (χ1) is 9.56. The van der Waals surface area contributed by atoms with E-state index in [2.05, 4.69) is 10.6 Å². The van der Waals surface area contributed by atoms with Crippen LogP contribution >= 0.6 is 11.3 Å². The zero-order valence-corrected chi connectivity index (χ0v) is 11.7. The van der Waals surface area contributed by atoms with Gasteiger partial charge in [0.15, 0.2) is 0 Å². The quantitative estimate of drug-likeness (QED) is 0.762. The molecule has 7 heteroatoms. The zero-order chi connectivity index (χ0) is 14.3. The molecular weight excluding hydrogens is 278 g/mol. The molecule has 0 radical (unpaired) electrons. The van der Waals surface area contributed by atoms with Crippen LogP contribution in [-0.2, 0) is 4.79 Å². The summed E-state index contributed by atoms with van der Waals surface area (Å²) in [4.78, 5) is 26.7. The lowest BCUT2D eigenvalue weighted by Gasteiger charge is -2.24. The van der Waals surface area contributed by atoms with Crippen LogP contribution in [-0.4, -0.2) is 41.1 Å². The maximum absolute atomic E-state index is 12.5. The smallest absolute Gasteiger partial charge is 0.319 e. The summed E-state index contributed by atoms with van der Waals surface area (Å²) in [7, 11) is 0. The number of nitrogens with one attached hydrogen (secondary N) is 2. The number of hydrogen-bond acceptors (Lipinski definition) is 4. The van der Waals surface area contributed by atoms with Crippen LogP contribution in [0.4, 0.5) is 4.79 Å². The van der Waals surface area contributed by atoms with Gasteiger partial charge in [-0.15, -0.1) is 11.3 Å². The summed E-state index contributed by atoms with van der Waals surface area (Å²) in [5.41, 5.74) is 1.21. The summed E-state index contributed by atoms with van der Waals surface area (Å²) in [6.07, 6.45) is -0.593. The summed E-state index contributed by atoms with van der Waals surface area (Å²) < 4.78 is 0. The number of nitrogens with zero attached hydrogens (tertiary/aromatic N) is 1. The minimum absolute atomic E-state index is 0.133. The van der Waals surface area contributed by atoms with Crippen LogP contribution in [0.5, 0.6) is 0 Å². The number of carbonyl (C=O) groups excluding carboxylic acids is 2. The molecule has 0 saturated heterocycles. The van der Waals surface area contributed by atoms with Crippen molar-refractivity contribution in [1.29, 1.82) is 0 Å². The molecular formula is C13H15N3O3S. The average Bonchev–Trinajstić information content (AvgIpc) is 2.98. The minimum atomic E-state index is -0.593. The molecule has 2 aliphatic heterocycles. The highest BCUT2D eigenvalue weighted by molar-refractivity contribution is 7.10. The molecule has 1 aromatic rings. The molecule has 2 atom stereocenters. The van der Waals surface area contributed by atoms with E-state index in [0.29, 0.717) is 17.8 Å². The van der Waals surface area contributed by atoms with Crippen LogP contribution < -0.4 is 10.6 Å². The number of thiophene rings is 1. The molecule has 0 aromatic carbocycles. The van der Waals surface area contributed by atoms with Crippen molar-refractivity contribution in [1.82, 2.24) is 15.5 Å². The summed E-state index contributed by atoms with van der Waals surface area (Å²) in [5, 5.41) is 16.8. The molecule has 0 spiro atoms. The number of β-amino-alcohol motifs (C(OH)–C–C–N with tert-alkyl or cyclic N) is 1. The monoisotopic (exact) mass is 293 g/mol. The van der Waals surface area contributed by atoms with E-state index in [0.717, 1.165) is 4.88 Å². The van der Waals surface area contributed by atoms with E-state index < -0.39 is 12.1 Å². The van der Waals surface area contributed by atoms with E-state index >= 15 is 0 Å². The molecule has 2 aliphatic rings. The molecule has 3 N–H and O–H groups in total. The van der Waals surface area contributed by atoms with Gasteiger partial charge in [0.25, 0.3) is 5.91 Å². The van der Waals surface area contributed by atoms with Gasteiger partial charge in [-0.25, -0.2) is 4.79 Å². The fourth-order valence-electron chi connectivity index (χ4n) is 2.56.